The van der Waals surface area contributed by atoms with E-state index in [0.717, 1.165) is 28.6 Å². The summed E-state index contributed by atoms with van der Waals surface area (Å²) in [6.07, 6.45) is -3.49. The van der Waals surface area contributed by atoms with Gasteiger partial charge in [0, 0.05) is 10.6 Å². The number of halogens is 3. The second-order valence-electron chi connectivity index (χ2n) is 6.84. The van der Waals surface area contributed by atoms with Crippen LogP contribution in [0, 0.1) is 0 Å². The van der Waals surface area contributed by atoms with Gasteiger partial charge >= 0.3 is 49.4 Å². The van der Waals surface area contributed by atoms with E-state index in [0.29, 0.717) is 26.5 Å². The number of phenols is 1. The number of phenolic OH excluding ortho intramolecular Hbond substituents is 1. The second-order valence-corrected chi connectivity index (χ2v) is 20.4. The summed E-state index contributed by atoms with van der Waals surface area (Å²) in [5.74, 6) is 0.630. The van der Waals surface area contributed by atoms with Gasteiger partial charge in [0.25, 0.3) is 0 Å². The van der Waals surface area contributed by atoms with Gasteiger partial charge in [0.05, 0.1) is 36.4 Å². The molecule has 171 valence electrons. The fourth-order valence-electron chi connectivity index (χ4n) is 3.31. The van der Waals surface area contributed by atoms with Crippen molar-refractivity contribution in [1.29, 1.82) is 0 Å². The molecule has 1 fully saturated rings. The summed E-state index contributed by atoms with van der Waals surface area (Å²) < 4.78 is 5.15. The Morgan fingerprint density at radius 1 is 1.06 bits per heavy atom. The van der Waals surface area contributed by atoms with Crippen LogP contribution in [-0.4, -0.2) is 62.8 Å². The Balaban J connectivity index is 0.00000107. The number of methoxy groups -OCH3 is 1. The Morgan fingerprint density at radius 2 is 1.68 bits per heavy atom. The zero-order valence-electron chi connectivity index (χ0n) is 16.4. The van der Waals surface area contributed by atoms with Gasteiger partial charge in [-0.2, -0.15) is 0 Å². The van der Waals surface area contributed by atoms with E-state index in [2.05, 4.69) is 40.0 Å². The molecule has 1 aliphatic rings. The van der Waals surface area contributed by atoms with Gasteiger partial charge in [-0.05, 0) is 41.8 Å². The van der Waals surface area contributed by atoms with Crippen LogP contribution < -0.4 is 4.74 Å². The van der Waals surface area contributed by atoms with Crippen molar-refractivity contribution in [2.75, 3.05) is 13.7 Å². The Kier molecular flexibility index (Phi) is 12.1. The van der Waals surface area contributed by atoms with Crippen molar-refractivity contribution in [2.45, 2.75) is 35.2 Å². The van der Waals surface area contributed by atoms with Crippen LogP contribution in [0.25, 0.3) is 0 Å². The molecule has 31 heavy (non-hydrogen) atoms. The maximum atomic E-state index is 10.4. The van der Waals surface area contributed by atoms with E-state index >= 15 is 0 Å². The van der Waals surface area contributed by atoms with E-state index in [1.165, 1.54) is 6.07 Å². The van der Waals surface area contributed by atoms with Crippen molar-refractivity contribution in [3.05, 3.63) is 58.1 Å². The first kappa shape index (κ1) is 27.8. The number of aliphatic hydroxyl groups excluding tert-OH is 4. The van der Waals surface area contributed by atoms with Gasteiger partial charge in [0.1, 0.15) is 17.6 Å². The molecule has 1 saturated heterocycles. The minimum atomic E-state index is -1.43. The van der Waals surface area contributed by atoms with Crippen LogP contribution in [0.3, 0.4) is 0 Å². The summed E-state index contributed by atoms with van der Waals surface area (Å²) in [7, 11) is 2.22. The number of hydrogen-bond acceptors (Lipinski definition) is 7. The summed E-state index contributed by atoms with van der Waals surface area (Å²) in [6, 6.07) is 10.6. The summed E-state index contributed by atoms with van der Waals surface area (Å²) in [6.45, 7) is -0.362. The second kappa shape index (κ2) is 13.5. The minimum absolute atomic E-state index is 0.111. The van der Waals surface area contributed by atoms with E-state index in [9.17, 15) is 25.5 Å². The van der Waals surface area contributed by atoms with E-state index in [-0.39, 0.29) is 12.4 Å². The molecule has 0 unspecified atom stereocenters. The number of aliphatic hydroxyl groups is 4. The van der Waals surface area contributed by atoms with Crippen LogP contribution >= 0.6 is 63.3 Å². The summed E-state index contributed by atoms with van der Waals surface area (Å²) in [5, 5.41) is 49.4. The molecule has 5 atom stereocenters. The first-order chi connectivity index (χ1) is 14.8. The van der Waals surface area contributed by atoms with Crippen molar-refractivity contribution >= 4 is 63.3 Å². The quantitative estimate of drug-likeness (QED) is 0.299. The third-order valence-electron chi connectivity index (χ3n) is 4.95. The summed E-state index contributed by atoms with van der Waals surface area (Å²) >= 11 is 12.2. The molecule has 0 amide bonds. The molecule has 11 heteroatoms. The zero-order valence-corrected chi connectivity index (χ0v) is 23.7. The van der Waals surface area contributed by atoms with Crippen LogP contribution in [0.5, 0.6) is 11.5 Å². The first-order valence-corrected chi connectivity index (χ1v) is 19.5. The Bertz CT molecular complexity index is 845. The molecule has 0 aliphatic carbocycles. The van der Waals surface area contributed by atoms with Crippen molar-refractivity contribution in [3.8, 4) is 11.5 Å². The van der Waals surface area contributed by atoms with Crippen molar-refractivity contribution in [1.82, 2.24) is 0 Å². The number of aromatic hydroxyl groups is 1. The average molecular weight is 732 g/mol. The van der Waals surface area contributed by atoms with Crippen molar-refractivity contribution in [3.63, 3.8) is 0 Å². The van der Waals surface area contributed by atoms with E-state index in [1.807, 2.05) is 24.3 Å². The molecule has 0 radical (unpaired) electrons. The van der Waals surface area contributed by atoms with Gasteiger partial charge in [0.15, 0.2) is 0 Å². The van der Waals surface area contributed by atoms with Crippen LogP contribution in [0.15, 0.2) is 36.4 Å². The third-order valence-corrected chi connectivity index (χ3v) is 6.90. The van der Waals surface area contributed by atoms with Gasteiger partial charge in [-0.1, -0.05) is 23.7 Å². The van der Waals surface area contributed by atoms with Gasteiger partial charge < -0.3 is 30.3 Å². The van der Waals surface area contributed by atoms with Gasteiger partial charge in [-0.3, -0.25) is 0 Å². The van der Waals surface area contributed by atoms with Crippen LogP contribution in [0.2, 0.25) is 5.02 Å². The predicted molar refractivity (Wildman–Crippen MR) is 136 cm³/mol. The molecule has 2 aromatic carbocycles. The van der Waals surface area contributed by atoms with Gasteiger partial charge in [-0.15, -0.1) is 11.8 Å². The Labute approximate surface area is 219 Å². The molecule has 0 bridgehead atoms. The molecule has 1 aliphatic heterocycles. The molecule has 0 aromatic heterocycles. The Morgan fingerprint density at radius 3 is 2.23 bits per heavy atom. The number of ether oxygens (including phenoxy) is 1. The molecule has 5 N–H and O–H groups in total. The SMILES string of the molecule is COc1ccc(Cc2cc([C@@H]3S[C@H](CO)[C@@H](O)[C@H](O)[C@H]3O)c(O)cc2Cl)cc1.[I][V][I]. The van der Waals surface area contributed by atoms with E-state index < -0.39 is 28.8 Å². The number of hydrogen-bond donors (Lipinski definition) is 5. The molecule has 1 heterocycles. The van der Waals surface area contributed by atoms with Gasteiger partial charge in [0.2, 0.25) is 0 Å². The third kappa shape index (κ3) is 7.27. The molecule has 3 rings (SSSR count). The standard InChI is InChI=1S/C20H23ClO6S.2HI.V/c1-27-12-4-2-10(3-5-12)6-11-7-13(15(23)8-14(11)21)20-19(26)18(25)17(24)16(9-22)28-20;;;/h2-5,7-8,16-20,22-26H,6,9H2,1H3;2*1H;/q;;;+2/p-2/t16-,17-,18+,19-,20+;;;/m1.../s1. The monoisotopic (exact) mass is 731 g/mol. The number of benzene rings is 2. The zero-order chi connectivity index (χ0) is 23.1. The Hall–Kier alpha value is 0.564. The molecule has 0 spiro atoms. The van der Waals surface area contributed by atoms with Crippen LogP contribution in [0.4, 0.5) is 0 Å². The molecule has 0 saturated carbocycles. The molecular formula is C20H23ClI2O6SV. The summed E-state index contributed by atoms with van der Waals surface area (Å²) in [5.41, 5.74) is 2.13. The van der Waals surface area contributed by atoms with Crippen LogP contribution in [-0.2, 0) is 15.9 Å². The van der Waals surface area contributed by atoms with Crippen LogP contribution in [0.1, 0.15) is 21.9 Å². The maximum absolute atomic E-state index is 10.4. The average Bonchev–Trinajstić information content (AvgIpc) is 2.76. The van der Waals surface area contributed by atoms with Gasteiger partial charge in [-0.25, -0.2) is 0 Å². The number of rotatable bonds is 5. The normalized spacial score (nSPS) is 25.4. The summed E-state index contributed by atoms with van der Waals surface area (Å²) in [4.78, 5) is 0. The molecule has 6 nitrogen and oxygen atoms in total. The van der Waals surface area contributed by atoms with Crippen molar-refractivity contribution < 1.29 is 39.7 Å². The number of thioether (sulfide) groups is 1. The molecule has 2 aromatic rings. The van der Waals surface area contributed by atoms with E-state index in [1.54, 1.807) is 13.2 Å². The van der Waals surface area contributed by atoms with Crippen molar-refractivity contribution in [2.24, 2.45) is 0 Å². The molecular weight excluding hydrogens is 708 g/mol. The topological polar surface area (TPSA) is 110 Å². The first-order valence-electron chi connectivity index (χ1n) is 9.14. The predicted octanol–water partition coefficient (Wildman–Crippen LogP) is 3.65. The fraction of sp³-hybridized carbons (Fsp3) is 0.400. The van der Waals surface area contributed by atoms with E-state index in [4.69, 9.17) is 16.3 Å². The fourth-order valence-corrected chi connectivity index (χ4v) is 4.98.